The maximum absolute atomic E-state index is 5.14. The molecule has 3 aliphatic carbocycles. The molecular weight excluding hydrogens is 749 g/mol. The van der Waals surface area contributed by atoms with E-state index in [1.54, 1.807) is 0 Å². The Hall–Kier alpha value is -7.94. The molecule has 0 saturated carbocycles. The van der Waals surface area contributed by atoms with Crippen LogP contribution < -0.4 is 0 Å². The number of fused-ring (bicyclic) bond motifs is 16. The molecule has 0 N–H and O–H groups in total. The largest absolute Gasteiger partial charge is 0.228 e. The van der Waals surface area contributed by atoms with Gasteiger partial charge in [0.25, 0.3) is 0 Å². The molecule has 13 rings (SSSR count). The lowest BCUT2D eigenvalue weighted by atomic mass is 9.52. The third-order valence-corrected chi connectivity index (χ3v) is 13.8. The summed E-state index contributed by atoms with van der Waals surface area (Å²) in [6.45, 7) is 0. The SMILES string of the molecule is c1ccc(-c2cc(-c3ccccc3)nc(-c3ccc(-c4cccc5c4-c4ccccc4C54c5ccccc5C5(c6ccccc6-c6ccccc65)c5ccccc54)cc3)n2)cc1. The normalized spacial score (nSPS) is 14.1. The van der Waals surface area contributed by atoms with Gasteiger partial charge in [-0.05, 0) is 84.0 Å². The van der Waals surface area contributed by atoms with Gasteiger partial charge in [0.15, 0.2) is 5.82 Å². The Morgan fingerprint density at radius 3 is 1.10 bits per heavy atom. The summed E-state index contributed by atoms with van der Waals surface area (Å²) in [6, 6.07) is 84.6. The van der Waals surface area contributed by atoms with Gasteiger partial charge in [-0.1, -0.05) is 224 Å². The maximum Gasteiger partial charge on any atom is 0.160 e. The number of rotatable bonds is 4. The van der Waals surface area contributed by atoms with Crippen molar-refractivity contribution in [3.8, 4) is 67.3 Å². The van der Waals surface area contributed by atoms with Gasteiger partial charge in [0.1, 0.15) is 0 Å². The number of hydrogen-bond donors (Lipinski definition) is 0. The molecule has 0 atom stereocenters. The standard InChI is InChI=1S/C60H38N2/c1-3-18-40(19-4-1)55-38-56(41-20-5-2-6-21-41)62-58(61-55)42-36-34-39(35-37-42)43-25-17-33-54-57(43)46-24-9-12-28-49(46)60(54)52-31-15-13-29-50(52)59(51-30-14-16-32-53(51)60)47-26-10-7-22-44(47)45-23-8-11-27-48(45)59/h1-38H. The van der Waals surface area contributed by atoms with Crippen LogP contribution >= 0.6 is 0 Å². The van der Waals surface area contributed by atoms with Crippen molar-refractivity contribution in [3.05, 3.63) is 275 Å². The van der Waals surface area contributed by atoms with Crippen molar-refractivity contribution in [1.29, 1.82) is 0 Å². The number of benzene rings is 9. The second kappa shape index (κ2) is 13.3. The Morgan fingerprint density at radius 1 is 0.242 bits per heavy atom. The van der Waals surface area contributed by atoms with Gasteiger partial charge in [-0.2, -0.15) is 0 Å². The van der Waals surface area contributed by atoms with Crippen LogP contribution in [0, 0.1) is 0 Å². The first kappa shape index (κ1) is 34.9. The summed E-state index contributed by atoms with van der Waals surface area (Å²) in [7, 11) is 0. The minimum Gasteiger partial charge on any atom is -0.228 e. The molecule has 3 aliphatic rings. The molecule has 0 saturated heterocycles. The monoisotopic (exact) mass is 786 g/mol. The lowest BCUT2D eigenvalue weighted by Crippen LogP contribution is -2.43. The molecule has 9 aromatic carbocycles. The third-order valence-electron chi connectivity index (χ3n) is 13.8. The Morgan fingerprint density at radius 2 is 0.597 bits per heavy atom. The van der Waals surface area contributed by atoms with Crippen LogP contribution in [0.1, 0.15) is 44.5 Å². The van der Waals surface area contributed by atoms with Crippen LogP contribution in [0.15, 0.2) is 231 Å². The van der Waals surface area contributed by atoms with Crippen molar-refractivity contribution in [1.82, 2.24) is 9.97 Å². The third kappa shape index (κ3) is 4.64. The molecule has 2 heteroatoms. The second-order valence-electron chi connectivity index (χ2n) is 16.7. The van der Waals surface area contributed by atoms with E-state index in [2.05, 4.69) is 218 Å². The Balaban J connectivity index is 1.02. The van der Waals surface area contributed by atoms with Gasteiger partial charge < -0.3 is 0 Å². The highest BCUT2D eigenvalue weighted by atomic mass is 14.9. The predicted molar refractivity (Wildman–Crippen MR) is 252 cm³/mol. The highest BCUT2D eigenvalue weighted by molar-refractivity contribution is 5.98. The summed E-state index contributed by atoms with van der Waals surface area (Å²) < 4.78 is 0. The van der Waals surface area contributed by atoms with Crippen molar-refractivity contribution in [2.45, 2.75) is 10.8 Å². The second-order valence-corrected chi connectivity index (χ2v) is 16.7. The Labute approximate surface area is 361 Å². The minimum absolute atomic E-state index is 0.461. The van der Waals surface area contributed by atoms with Gasteiger partial charge in [0.2, 0.25) is 0 Å². The van der Waals surface area contributed by atoms with E-state index in [1.807, 2.05) is 12.1 Å². The summed E-state index contributed by atoms with van der Waals surface area (Å²) in [5.41, 5.74) is 22.2. The molecule has 0 radical (unpaired) electrons. The van der Waals surface area contributed by atoms with Crippen molar-refractivity contribution in [2.24, 2.45) is 0 Å². The zero-order valence-electron chi connectivity index (χ0n) is 33.8. The number of aromatic nitrogens is 2. The maximum atomic E-state index is 5.14. The van der Waals surface area contributed by atoms with E-state index >= 15 is 0 Å². The molecule has 0 amide bonds. The summed E-state index contributed by atoms with van der Waals surface area (Å²) >= 11 is 0. The molecule has 1 heterocycles. The predicted octanol–water partition coefficient (Wildman–Crippen LogP) is 14.2. The highest BCUT2D eigenvalue weighted by Crippen LogP contribution is 2.68. The first-order chi connectivity index (χ1) is 30.8. The summed E-state index contributed by atoms with van der Waals surface area (Å²) in [5.74, 6) is 0.707. The van der Waals surface area contributed by atoms with E-state index in [4.69, 9.17) is 9.97 Å². The average molecular weight is 787 g/mol. The molecule has 2 spiro atoms. The molecule has 1 aromatic heterocycles. The molecule has 0 aliphatic heterocycles. The Kier molecular flexibility index (Phi) is 7.47. The first-order valence-corrected chi connectivity index (χ1v) is 21.5. The molecule has 10 aromatic rings. The van der Waals surface area contributed by atoms with Gasteiger partial charge in [-0.15, -0.1) is 0 Å². The van der Waals surface area contributed by atoms with Crippen molar-refractivity contribution in [3.63, 3.8) is 0 Å². The molecule has 62 heavy (non-hydrogen) atoms. The lowest BCUT2D eigenvalue weighted by Gasteiger charge is -2.48. The van der Waals surface area contributed by atoms with Gasteiger partial charge in [-0.25, -0.2) is 9.97 Å². The number of hydrogen-bond acceptors (Lipinski definition) is 2. The van der Waals surface area contributed by atoms with E-state index in [0.29, 0.717) is 5.82 Å². The Bertz CT molecular complexity index is 3250. The summed E-state index contributed by atoms with van der Waals surface area (Å²) in [5, 5.41) is 0. The van der Waals surface area contributed by atoms with Crippen LogP contribution in [0.4, 0.5) is 0 Å². The smallest absolute Gasteiger partial charge is 0.160 e. The van der Waals surface area contributed by atoms with Gasteiger partial charge in [0, 0.05) is 16.7 Å². The van der Waals surface area contributed by atoms with E-state index in [0.717, 1.165) is 33.6 Å². The molecule has 0 unspecified atom stereocenters. The van der Waals surface area contributed by atoms with E-state index in [-0.39, 0.29) is 0 Å². The zero-order valence-corrected chi connectivity index (χ0v) is 33.8. The molecular formula is C60H38N2. The van der Waals surface area contributed by atoms with Crippen LogP contribution in [0.5, 0.6) is 0 Å². The highest BCUT2D eigenvalue weighted by Gasteiger charge is 2.59. The molecule has 0 fully saturated rings. The minimum atomic E-state index is -0.535. The fraction of sp³-hybridized carbons (Fsp3) is 0.0333. The lowest BCUT2D eigenvalue weighted by molar-refractivity contribution is 0.633. The van der Waals surface area contributed by atoms with Crippen molar-refractivity contribution >= 4 is 0 Å². The molecule has 2 nitrogen and oxygen atoms in total. The van der Waals surface area contributed by atoms with Crippen LogP contribution in [0.25, 0.3) is 67.3 Å². The van der Waals surface area contributed by atoms with Crippen molar-refractivity contribution in [2.75, 3.05) is 0 Å². The topological polar surface area (TPSA) is 25.8 Å². The van der Waals surface area contributed by atoms with Gasteiger partial charge >= 0.3 is 0 Å². The molecule has 288 valence electrons. The fourth-order valence-electron chi connectivity index (χ4n) is 11.4. The van der Waals surface area contributed by atoms with Gasteiger partial charge in [-0.3, -0.25) is 0 Å². The van der Waals surface area contributed by atoms with E-state index in [9.17, 15) is 0 Å². The van der Waals surface area contributed by atoms with Gasteiger partial charge in [0.05, 0.1) is 22.2 Å². The average Bonchev–Trinajstić information content (AvgIpc) is 3.82. The summed E-state index contributed by atoms with van der Waals surface area (Å²) in [4.78, 5) is 10.3. The fourth-order valence-corrected chi connectivity index (χ4v) is 11.4. The summed E-state index contributed by atoms with van der Waals surface area (Å²) in [6.07, 6.45) is 0. The van der Waals surface area contributed by atoms with E-state index in [1.165, 1.54) is 72.3 Å². The van der Waals surface area contributed by atoms with Crippen LogP contribution in [0.2, 0.25) is 0 Å². The van der Waals surface area contributed by atoms with Crippen LogP contribution in [-0.2, 0) is 10.8 Å². The quantitative estimate of drug-likeness (QED) is 0.178. The van der Waals surface area contributed by atoms with E-state index < -0.39 is 10.8 Å². The van der Waals surface area contributed by atoms with Crippen LogP contribution in [0.3, 0.4) is 0 Å². The zero-order chi connectivity index (χ0) is 40.8. The molecule has 0 bridgehead atoms. The first-order valence-electron chi connectivity index (χ1n) is 21.5. The van der Waals surface area contributed by atoms with Crippen LogP contribution in [-0.4, -0.2) is 9.97 Å². The van der Waals surface area contributed by atoms with Crippen molar-refractivity contribution < 1.29 is 0 Å². The number of nitrogens with zero attached hydrogens (tertiary/aromatic N) is 2.